The van der Waals surface area contributed by atoms with Crippen molar-refractivity contribution < 1.29 is 9.53 Å². The number of rotatable bonds is 5. The van der Waals surface area contributed by atoms with Crippen LogP contribution >= 0.6 is 0 Å². The van der Waals surface area contributed by atoms with E-state index >= 15 is 0 Å². The minimum Gasteiger partial charge on any atom is -0.497 e. The summed E-state index contributed by atoms with van der Waals surface area (Å²) in [6, 6.07) is 15.3. The molecule has 0 saturated carbocycles. The number of amides is 1. The number of nitrogens with one attached hydrogen (secondary N) is 2. The molecule has 1 amide bonds. The van der Waals surface area contributed by atoms with Crippen LogP contribution in [-0.4, -0.2) is 18.0 Å². The average Bonchev–Trinajstić information content (AvgIpc) is 2.65. The number of hydrogen-bond acceptors (Lipinski definition) is 4. The van der Waals surface area contributed by atoms with E-state index in [0.717, 1.165) is 33.9 Å². The van der Waals surface area contributed by atoms with Crippen LogP contribution in [0.2, 0.25) is 0 Å². The van der Waals surface area contributed by atoms with Gasteiger partial charge in [-0.15, -0.1) is 0 Å². The molecule has 0 aliphatic carbocycles. The fourth-order valence-electron chi connectivity index (χ4n) is 2.56. The van der Waals surface area contributed by atoms with Crippen molar-refractivity contribution in [2.45, 2.75) is 13.8 Å². The molecule has 1 heterocycles. The van der Waals surface area contributed by atoms with Gasteiger partial charge in [0.1, 0.15) is 5.75 Å². The molecule has 0 aliphatic heterocycles. The number of anilines is 3. The fraction of sp³-hybridized carbons (Fsp3) is 0.143. The molecule has 0 unspecified atom stereocenters. The summed E-state index contributed by atoms with van der Waals surface area (Å²) in [6.45, 7) is 3.96. The van der Waals surface area contributed by atoms with Crippen molar-refractivity contribution in [3.05, 3.63) is 77.6 Å². The highest BCUT2D eigenvalue weighted by molar-refractivity contribution is 6.05. The van der Waals surface area contributed by atoms with Crippen molar-refractivity contribution in [3.63, 3.8) is 0 Å². The summed E-state index contributed by atoms with van der Waals surface area (Å²) in [5, 5.41) is 6.19. The Hall–Kier alpha value is -3.34. The van der Waals surface area contributed by atoms with Crippen LogP contribution in [0.4, 0.5) is 17.1 Å². The van der Waals surface area contributed by atoms with Gasteiger partial charge in [-0.25, -0.2) is 0 Å². The van der Waals surface area contributed by atoms with E-state index in [2.05, 4.69) is 15.6 Å². The lowest BCUT2D eigenvalue weighted by atomic mass is 10.1. The SMILES string of the molecule is COc1cccc(Nc2cncc(C(=O)Nc3cc(C)ccc3C)c2)c1. The molecule has 2 aromatic carbocycles. The molecule has 5 heteroatoms. The number of aromatic nitrogens is 1. The number of carbonyl (C=O) groups excluding carboxylic acids is 1. The number of methoxy groups -OCH3 is 1. The highest BCUT2D eigenvalue weighted by atomic mass is 16.5. The zero-order valence-electron chi connectivity index (χ0n) is 15.0. The highest BCUT2D eigenvalue weighted by Crippen LogP contribution is 2.22. The first kappa shape index (κ1) is 17.5. The summed E-state index contributed by atoms with van der Waals surface area (Å²) in [5.41, 5.74) is 4.99. The number of pyridine rings is 1. The van der Waals surface area contributed by atoms with E-state index in [9.17, 15) is 4.79 Å². The molecule has 3 aromatic rings. The summed E-state index contributed by atoms with van der Waals surface area (Å²) in [5.74, 6) is 0.562. The maximum atomic E-state index is 12.6. The van der Waals surface area contributed by atoms with Crippen molar-refractivity contribution in [3.8, 4) is 5.75 Å². The molecule has 0 spiro atoms. The van der Waals surface area contributed by atoms with Crippen LogP contribution < -0.4 is 15.4 Å². The van der Waals surface area contributed by atoms with Crippen LogP contribution in [0.5, 0.6) is 5.75 Å². The Balaban J connectivity index is 1.77. The lowest BCUT2D eigenvalue weighted by Gasteiger charge is -2.11. The van der Waals surface area contributed by atoms with Crippen LogP contribution in [-0.2, 0) is 0 Å². The molecule has 0 radical (unpaired) electrons. The van der Waals surface area contributed by atoms with Crippen LogP contribution in [0.25, 0.3) is 0 Å². The third kappa shape index (κ3) is 4.19. The van der Waals surface area contributed by atoms with Gasteiger partial charge >= 0.3 is 0 Å². The lowest BCUT2D eigenvalue weighted by molar-refractivity contribution is 0.102. The quantitative estimate of drug-likeness (QED) is 0.702. The molecule has 0 aliphatic rings. The smallest absolute Gasteiger partial charge is 0.257 e. The Morgan fingerprint density at radius 3 is 2.65 bits per heavy atom. The van der Waals surface area contributed by atoms with Gasteiger partial charge in [-0.1, -0.05) is 18.2 Å². The minimum atomic E-state index is -0.194. The predicted octanol–water partition coefficient (Wildman–Crippen LogP) is 4.70. The van der Waals surface area contributed by atoms with Gasteiger partial charge in [0, 0.05) is 23.6 Å². The molecular formula is C21H21N3O2. The molecule has 0 fully saturated rings. The highest BCUT2D eigenvalue weighted by Gasteiger charge is 2.09. The molecule has 2 N–H and O–H groups in total. The van der Waals surface area contributed by atoms with Crippen LogP contribution in [0.3, 0.4) is 0 Å². The second-order valence-corrected chi connectivity index (χ2v) is 6.09. The second kappa shape index (κ2) is 7.70. The van der Waals surface area contributed by atoms with Crippen LogP contribution in [0.1, 0.15) is 21.5 Å². The molecule has 26 heavy (non-hydrogen) atoms. The van der Waals surface area contributed by atoms with Gasteiger partial charge in [-0.3, -0.25) is 9.78 Å². The zero-order valence-corrected chi connectivity index (χ0v) is 15.0. The Morgan fingerprint density at radius 1 is 1.00 bits per heavy atom. The number of hydrogen-bond donors (Lipinski definition) is 2. The summed E-state index contributed by atoms with van der Waals surface area (Å²) in [4.78, 5) is 16.8. The van der Waals surface area contributed by atoms with Crippen molar-refractivity contribution in [2.75, 3.05) is 17.7 Å². The monoisotopic (exact) mass is 347 g/mol. The van der Waals surface area contributed by atoms with Gasteiger partial charge in [-0.05, 0) is 49.2 Å². The Bertz CT molecular complexity index is 938. The maximum absolute atomic E-state index is 12.6. The van der Waals surface area contributed by atoms with E-state index in [4.69, 9.17) is 4.74 Å². The van der Waals surface area contributed by atoms with Crippen molar-refractivity contribution >= 4 is 23.0 Å². The summed E-state index contributed by atoms with van der Waals surface area (Å²) >= 11 is 0. The topological polar surface area (TPSA) is 63.2 Å². The second-order valence-electron chi connectivity index (χ2n) is 6.09. The molecule has 3 rings (SSSR count). The molecule has 0 bridgehead atoms. The van der Waals surface area contributed by atoms with Crippen LogP contribution in [0, 0.1) is 13.8 Å². The fourth-order valence-corrected chi connectivity index (χ4v) is 2.56. The van der Waals surface area contributed by atoms with E-state index in [1.807, 2.05) is 56.3 Å². The van der Waals surface area contributed by atoms with Crippen LogP contribution in [0.15, 0.2) is 60.9 Å². The molecular weight excluding hydrogens is 326 g/mol. The average molecular weight is 347 g/mol. The van der Waals surface area contributed by atoms with Gasteiger partial charge in [0.25, 0.3) is 5.91 Å². The summed E-state index contributed by atoms with van der Waals surface area (Å²) in [6.07, 6.45) is 3.23. The molecule has 1 aromatic heterocycles. The first-order valence-corrected chi connectivity index (χ1v) is 8.30. The van der Waals surface area contributed by atoms with Gasteiger partial charge in [-0.2, -0.15) is 0 Å². The number of carbonyl (C=O) groups is 1. The largest absolute Gasteiger partial charge is 0.497 e. The predicted molar refractivity (Wildman–Crippen MR) is 104 cm³/mol. The van der Waals surface area contributed by atoms with E-state index in [1.54, 1.807) is 25.6 Å². The first-order chi connectivity index (χ1) is 12.5. The third-order valence-corrected chi connectivity index (χ3v) is 4.00. The normalized spacial score (nSPS) is 10.3. The molecule has 132 valence electrons. The lowest BCUT2D eigenvalue weighted by Crippen LogP contribution is -2.13. The van der Waals surface area contributed by atoms with Crippen molar-refractivity contribution in [1.82, 2.24) is 4.98 Å². The molecule has 5 nitrogen and oxygen atoms in total. The standard InChI is InChI=1S/C21H21N3O2/c1-14-7-8-15(2)20(9-14)24-21(25)16-10-18(13-22-12-16)23-17-5-4-6-19(11-17)26-3/h4-13,23H,1-3H3,(H,24,25). The zero-order chi connectivity index (χ0) is 18.5. The number of aryl methyl sites for hydroxylation is 2. The first-order valence-electron chi connectivity index (χ1n) is 8.30. The number of benzene rings is 2. The van der Waals surface area contributed by atoms with E-state index in [0.29, 0.717) is 5.56 Å². The molecule has 0 atom stereocenters. The van der Waals surface area contributed by atoms with Gasteiger partial charge in [0.15, 0.2) is 0 Å². The third-order valence-electron chi connectivity index (χ3n) is 4.00. The Kier molecular flexibility index (Phi) is 5.17. The van der Waals surface area contributed by atoms with Gasteiger partial charge < -0.3 is 15.4 Å². The number of ether oxygens (including phenoxy) is 1. The summed E-state index contributed by atoms with van der Waals surface area (Å²) < 4.78 is 5.22. The number of nitrogens with zero attached hydrogens (tertiary/aromatic N) is 1. The van der Waals surface area contributed by atoms with Crippen molar-refractivity contribution in [2.24, 2.45) is 0 Å². The van der Waals surface area contributed by atoms with E-state index in [1.165, 1.54) is 0 Å². The minimum absolute atomic E-state index is 0.194. The Labute approximate surface area is 153 Å². The van der Waals surface area contributed by atoms with Gasteiger partial charge in [0.2, 0.25) is 0 Å². The van der Waals surface area contributed by atoms with Crippen molar-refractivity contribution in [1.29, 1.82) is 0 Å². The Morgan fingerprint density at radius 2 is 1.85 bits per heavy atom. The maximum Gasteiger partial charge on any atom is 0.257 e. The van der Waals surface area contributed by atoms with E-state index < -0.39 is 0 Å². The van der Waals surface area contributed by atoms with E-state index in [-0.39, 0.29) is 5.91 Å². The molecule has 0 saturated heterocycles. The summed E-state index contributed by atoms with van der Waals surface area (Å²) in [7, 11) is 1.62. The van der Waals surface area contributed by atoms with Gasteiger partial charge in [0.05, 0.1) is 24.6 Å².